The van der Waals surface area contributed by atoms with Crippen LogP contribution in [0.5, 0.6) is 0 Å². The molecule has 64 valence electrons. The molecule has 5 heteroatoms. The van der Waals surface area contributed by atoms with Gasteiger partial charge in [-0.25, -0.2) is 13.6 Å². The Morgan fingerprint density at radius 2 is 2.27 bits per heavy atom. The van der Waals surface area contributed by atoms with Crippen molar-refractivity contribution in [2.24, 2.45) is 0 Å². The number of alkyl halides is 2. The van der Waals surface area contributed by atoms with Crippen molar-refractivity contribution in [3.05, 3.63) is 0 Å². The van der Waals surface area contributed by atoms with Gasteiger partial charge in [-0.05, 0) is 6.92 Å². The van der Waals surface area contributed by atoms with Crippen molar-refractivity contribution in [2.45, 2.75) is 25.3 Å². The molecule has 1 N–H and O–H groups in total. The molecule has 0 bridgehead atoms. The summed E-state index contributed by atoms with van der Waals surface area (Å²) in [7, 11) is 0. The minimum Gasteiger partial charge on any atom is -0.465 e. The van der Waals surface area contributed by atoms with Gasteiger partial charge in [0, 0.05) is 12.5 Å². The van der Waals surface area contributed by atoms with Crippen LogP contribution in [0.25, 0.3) is 0 Å². The maximum Gasteiger partial charge on any atom is 0.407 e. The second kappa shape index (κ2) is 2.32. The first-order chi connectivity index (χ1) is 4.92. The van der Waals surface area contributed by atoms with E-state index in [1.165, 1.54) is 6.92 Å². The number of likely N-dealkylation sites (tertiary alicyclic amines) is 1. The van der Waals surface area contributed by atoms with Gasteiger partial charge in [0.2, 0.25) is 0 Å². The van der Waals surface area contributed by atoms with Crippen LogP contribution in [0.15, 0.2) is 0 Å². The summed E-state index contributed by atoms with van der Waals surface area (Å²) in [6.07, 6.45) is -1.63. The average molecular weight is 165 g/mol. The van der Waals surface area contributed by atoms with Crippen LogP contribution in [0.3, 0.4) is 0 Å². The molecule has 11 heavy (non-hydrogen) atoms. The van der Waals surface area contributed by atoms with Crippen LogP contribution in [-0.4, -0.2) is 34.6 Å². The number of carboxylic acid groups (broad SMARTS) is 1. The van der Waals surface area contributed by atoms with E-state index >= 15 is 0 Å². The van der Waals surface area contributed by atoms with Crippen molar-refractivity contribution in [1.29, 1.82) is 0 Å². The van der Waals surface area contributed by atoms with E-state index in [1.54, 1.807) is 0 Å². The molecule has 0 aromatic rings. The van der Waals surface area contributed by atoms with Crippen molar-refractivity contribution < 1.29 is 18.7 Å². The predicted molar refractivity (Wildman–Crippen MR) is 33.8 cm³/mol. The highest BCUT2D eigenvalue weighted by Gasteiger charge is 2.44. The van der Waals surface area contributed by atoms with Crippen molar-refractivity contribution in [1.82, 2.24) is 4.90 Å². The number of nitrogens with zero attached hydrogens (tertiary/aromatic N) is 1. The van der Waals surface area contributed by atoms with E-state index < -0.39 is 24.6 Å². The molecule has 0 aromatic carbocycles. The molecule has 0 radical (unpaired) electrons. The van der Waals surface area contributed by atoms with E-state index in [0.29, 0.717) is 0 Å². The highest BCUT2D eigenvalue weighted by atomic mass is 19.3. The van der Waals surface area contributed by atoms with Crippen LogP contribution >= 0.6 is 0 Å². The zero-order valence-electron chi connectivity index (χ0n) is 6.05. The standard InChI is InChI=1S/C6H9F2NO2/c1-4-2-6(7,8)3-9(4)5(10)11/h4H,2-3H2,1H3,(H,10,11). The molecule has 3 nitrogen and oxygen atoms in total. The lowest BCUT2D eigenvalue weighted by atomic mass is 10.2. The molecule has 1 aliphatic rings. The quantitative estimate of drug-likeness (QED) is 0.589. The van der Waals surface area contributed by atoms with E-state index in [-0.39, 0.29) is 6.42 Å². The lowest BCUT2D eigenvalue weighted by Gasteiger charge is -2.15. The van der Waals surface area contributed by atoms with Crippen molar-refractivity contribution in [2.75, 3.05) is 6.54 Å². The van der Waals surface area contributed by atoms with Gasteiger partial charge in [0.25, 0.3) is 5.92 Å². The van der Waals surface area contributed by atoms with E-state index in [0.717, 1.165) is 4.90 Å². The van der Waals surface area contributed by atoms with E-state index in [9.17, 15) is 13.6 Å². The Morgan fingerprint density at radius 3 is 2.45 bits per heavy atom. The lowest BCUT2D eigenvalue weighted by Crippen LogP contribution is -2.33. The molecule has 1 aliphatic heterocycles. The number of amides is 1. The molecule has 1 unspecified atom stereocenters. The van der Waals surface area contributed by atoms with Crippen LogP contribution in [0.4, 0.5) is 13.6 Å². The first-order valence-corrected chi connectivity index (χ1v) is 3.30. The summed E-state index contributed by atoms with van der Waals surface area (Å²) in [5, 5.41) is 8.41. The number of halogens is 2. The van der Waals surface area contributed by atoms with Gasteiger partial charge in [-0.3, -0.25) is 4.90 Å². The fourth-order valence-corrected chi connectivity index (χ4v) is 1.27. The van der Waals surface area contributed by atoms with Crippen molar-refractivity contribution in [3.63, 3.8) is 0 Å². The summed E-state index contributed by atoms with van der Waals surface area (Å²) in [5.74, 6) is -2.84. The topological polar surface area (TPSA) is 40.5 Å². The molecule has 0 spiro atoms. The minimum absolute atomic E-state index is 0.362. The predicted octanol–water partition coefficient (Wildman–Crippen LogP) is 1.39. The highest BCUT2D eigenvalue weighted by Crippen LogP contribution is 2.31. The van der Waals surface area contributed by atoms with Gasteiger partial charge in [0.1, 0.15) is 0 Å². The van der Waals surface area contributed by atoms with Crippen LogP contribution in [0.2, 0.25) is 0 Å². The van der Waals surface area contributed by atoms with Crippen LogP contribution < -0.4 is 0 Å². The Labute approximate surface area is 62.6 Å². The summed E-state index contributed by atoms with van der Waals surface area (Å²) in [6.45, 7) is 0.818. The second-order valence-electron chi connectivity index (χ2n) is 2.82. The molecular weight excluding hydrogens is 156 g/mol. The molecule has 1 rings (SSSR count). The maximum absolute atomic E-state index is 12.5. The van der Waals surface area contributed by atoms with Crippen molar-refractivity contribution in [3.8, 4) is 0 Å². The summed E-state index contributed by atoms with van der Waals surface area (Å²) in [4.78, 5) is 11.1. The third kappa shape index (κ3) is 1.58. The fourth-order valence-electron chi connectivity index (χ4n) is 1.27. The molecule has 1 saturated heterocycles. The molecule has 0 saturated carbocycles. The Morgan fingerprint density at radius 1 is 1.73 bits per heavy atom. The molecule has 0 aliphatic carbocycles. The third-order valence-electron chi connectivity index (χ3n) is 1.77. The highest BCUT2D eigenvalue weighted by molar-refractivity contribution is 5.66. The first-order valence-electron chi connectivity index (χ1n) is 3.30. The molecule has 1 atom stereocenters. The number of hydrogen-bond acceptors (Lipinski definition) is 1. The van der Waals surface area contributed by atoms with Gasteiger partial charge < -0.3 is 5.11 Å². The largest absolute Gasteiger partial charge is 0.465 e. The van der Waals surface area contributed by atoms with E-state index in [2.05, 4.69) is 0 Å². The van der Waals surface area contributed by atoms with Gasteiger partial charge in [-0.2, -0.15) is 0 Å². The number of rotatable bonds is 0. The van der Waals surface area contributed by atoms with Crippen LogP contribution in [0.1, 0.15) is 13.3 Å². The molecule has 1 heterocycles. The number of carbonyl (C=O) groups is 1. The normalized spacial score (nSPS) is 29.0. The van der Waals surface area contributed by atoms with Gasteiger partial charge in [0.05, 0.1) is 6.54 Å². The average Bonchev–Trinajstić information content (AvgIpc) is 2.05. The Bertz CT molecular complexity index is 183. The fraction of sp³-hybridized carbons (Fsp3) is 0.833. The Balaban J connectivity index is 2.66. The zero-order chi connectivity index (χ0) is 8.65. The summed E-state index contributed by atoms with van der Waals surface area (Å²) in [6, 6.07) is -0.567. The molecule has 0 aromatic heterocycles. The van der Waals surface area contributed by atoms with Crippen LogP contribution in [-0.2, 0) is 0 Å². The summed E-state index contributed by atoms with van der Waals surface area (Å²) >= 11 is 0. The lowest BCUT2D eigenvalue weighted by molar-refractivity contribution is 0.0127. The van der Waals surface area contributed by atoms with E-state index in [1.807, 2.05) is 0 Å². The third-order valence-corrected chi connectivity index (χ3v) is 1.77. The van der Waals surface area contributed by atoms with Crippen molar-refractivity contribution >= 4 is 6.09 Å². The Kier molecular flexibility index (Phi) is 1.74. The van der Waals surface area contributed by atoms with E-state index in [4.69, 9.17) is 5.11 Å². The summed E-state index contributed by atoms with van der Waals surface area (Å²) in [5.41, 5.74) is 0. The maximum atomic E-state index is 12.5. The molecular formula is C6H9F2NO2. The van der Waals surface area contributed by atoms with Gasteiger partial charge in [-0.1, -0.05) is 0 Å². The monoisotopic (exact) mass is 165 g/mol. The number of hydrogen-bond donors (Lipinski definition) is 1. The second-order valence-corrected chi connectivity index (χ2v) is 2.82. The van der Waals surface area contributed by atoms with Gasteiger partial charge >= 0.3 is 6.09 Å². The van der Waals surface area contributed by atoms with Gasteiger partial charge in [-0.15, -0.1) is 0 Å². The van der Waals surface area contributed by atoms with Gasteiger partial charge in [0.15, 0.2) is 0 Å². The smallest absolute Gasteiger partial charge is 0.407 e. The summed E-state index contributed by atoms with van der Waals surface area (Å²) < 4.78 is 25.0. The zero-order valence-corrected chi connectivity index (χ0v) is 6.05. The molecule has 1 fully saturated rings. The SMILES string of the molecule is CC1CC(F)(F)CN1C(=O)O. The first kappa shape index (κ1) is 8.23. The molecule has 1 amide bonds. The Hall–Kier alpha value is -0.870. The van der Waals surface area contributed by atoms with Crippen LogP contribution in [0, 0.1) is 0 Å². The minimum atomic E-state index is -2.84.